The number of aryl methyl sites for hydroxylation is 1. The highest BCUT2D eigenvalue weighted by Gasteiger charge is 2.30. The number of hydrogen-bond donors (Lipinski definition) is 2. The topological polar surface area (TPSA) is 78.5 Å². The number of rotatable bonds is 8. The number of ether oxygens (including phenoxy) is 1. The van der Waals surface area contributed by atoms with E-state index in [1.165, 1.54) is 29.3 Å². The molecule has 9 heteroatoms. The number of H-pyrrole nitrogens is 1. The van der Waals surface area contributed by atoms with Crippen LogP contribution in [-0.2, 0) is 12.7 Å². The van der Waals surface area contributed by atoms with E-state index in [-0.39, 0.29) is 37.0 Å². The van der Waals surface area contributed by atoms with E-state index in [0.29, 0.717) is 0 Å². The molecule has 1 atom stereocenters. The van der Waals surface area contributed by atoms with Crippen molar-refractivity contribution in [3.63, 3.8) is 0 Å². The van der Waals surface area contributed by atoms with Crippen molar-refractivity contribution in [1.29, 1.82) is 0 Å². The van der Waals surface area contributed by atoms with Gasteiger partial charge in [0.2, 0.25) is 0 Å². The van der Waals surface area contributed by atoms with Gasteiger partial charge in [0.15, 0.2) is 0 Å². The zero-order valence-electron chi connectivity index (χ0n) is 16.8. The number of carbonyl (C=O) groups excluding carboxylic acids is 1. The minimum Gasteiger partial charge on any atom is -0.491 e. The van der Waals surface area contributed by atoms with Crippen LogP contribution in [0.3, 0.4) is 0 Å². The maximum Gasteiger partial charge on any atom is 0.416 e. The molecule has 1 unspecified atom stereocenters. The molecule has 0 fully saturated rings. The normalized spacial score (nSPS) is 12.4. The first-order valence-corrected chi connectivity index (χ1v) is 9.55. The minimum absolute atomic E-state index is 0.0349. The lowest BCUT2D eigenvalue weighted by atomic mass is 10.1. The predicted octanol–water partition coefficient (Wildman–Crippen LogP) is 3.82. The number of aromatic amines is 1. The van der Waals surface area contributed by atoms with Crippen LogP contribution in [0.2, 0.25) is 0 Å². The molecule has 1 amide bonds. The molecule has 2 aromatic carbocycles. The van der Waals surface area contributed by atoms with Gasteiger partial charge in [-0.05, 0) is 48.4 Å². The Hall–Kier alpha value is -3.33. The molecule has 0 spiro atoms. The average molecular weight is 433 g/mol. The molecule has 164 valence electrons. The molecule has 1 heterocycles. The number of aromatic nitrogens is 2. The summed E-state index contributed by atoms with van der Waals surface area (Å²) < 4.78 is 43.4. The van der Waals surface area contributed by atoms with Gasteiger partial charge >= 0.3 is 6.18 Å². The molecule has 3 aromatic rings. The number of halogens is 3. The van der Waals surface area contributed by atoms with Gasteiger partial charge in [-0.1, -0.05) is 24.3 Å². The van der Waals surface area contributed by atoms with Gasteiger partial charge in [-0.3, -0.25) is 9.89 Å². The van der Waals surface area contributed by atoms with E-state index < -0.39 is 17.8 Å². The Labute approximate surface area is 177 Å². The van der Waals surface area contributed by atoms with Crippen LogP contribution in [0, 0.1) is 6.92 Å². The molecule has 0 radical (unpaired) electrons. The summed E-state index contributed by atoms with van der Waals surface area (Å²) in [7, 11) is 0. The molecule has 0 aliphatic heterocycles. The second-order valence-electron chi connectivity index (χ2n) is 7.07. The molecule has 0 aliphatic carbocycles. The highest BCUT2D eigenvalue weighted by atomic mass is 19.4. The second-order valence-corrected chi connectivity index (χ2v) is 7.07. The summed E-state index contributed by atoms with van der Waals surface area (Å²) in [5.41, 5.74) is 1.42. The standard InChI is InChI=1S/C22H22F3N3O3/c1-15-4-2-3-5-16(15)12-28(21(30)20-10-11-26-27-20)13-18(29)14-31-19-8-6-17(7-9-19)22(23,24)25/h2-11,18,29H,12-14H2,1H3,(H,26,27). The van der Waals surface area contributed by atoms with E-state index in [4.69, 9.17) is 4.74 Å². The van der Waals surface area contributed by atoms with Gasteiger partial charge in [-0.15, -0.1) is 0 Å². The maximum absolute atomic E-state index is 12.9. The zero-order valence-corrected chi connectivity index (χ0v) is 16.8. The number of aliphatic hydroxyl groups excluding tert-OH is 1. The van der Waals surface area contributed by atoms with Gasteiger partial charge in [0.05, 0.1) is 12.1 Å². The first kappa shape index (κ1) is 22.4. The molecular formula is C22H22F3N3O3. The van der Waals surface area contributed by atoms with Crippen LogP contribution in [0.15, 0.2) is 60.8 Å². The third-order valence-electron chi connectivity index (χ3n) is 4.70. The third-order valence-corrected chi connectivity index (χ3v) is 4.70. The quantitative estimate of drug-likeness (QED) is 0.566. The molecule has 0 saturated carbocycles. The average Bonchev–Trinajstić information content (AvgIpc) is 3.27. The van der Waals surface area contributed by atoms with Crippen molar-refractivity contribution in [1.82, 2.24) is 15.1 Å². The summed E-state index contributed by atoms with van der Waals surface area (Å²) in [6, 6.07) is 13.3. The van der Waals surface area contributed by atoms with Gasteiger partial charge in [-0.2, -0.15) is 18.3 Å². The van der Waals surface area contributed by atoms with E-state index in [1.807, 2.05) is 31.2 Å². The van der Waals surface area contributed by atoms with Crippen LogP contribution >= 0.6 is 0 Å². The van der Waals surface area contributed by atoms with Gasteiger partial charge in [-0.25, -0.2) is 0 Å². The van der Waals surface area contributed by atoms with E-state index in [0.717, 1.165) is 23.3 Å². The van der Waals surface area contributed by atoms with Crippen molar-refractivity contribution in [2.75, 3.05) is 13.2 Å². The fourth-order valence-electron chi connectivity index (χ4n) is 3.00. The van der Waals surface area contributed by atoms with E-state index >= 15 is 0 Å². The summed E-state index contributed by atoms with van der Waals surface area (Å²) in [5.74, 6) is -0.147. The highest BCUT2D eigenvalue weighted by Crippen LogP contribution is 2.30. The van der Waals surface area contributed by atoms with Crippen molar-refractivity contribution in [3.8, 4) is 5.75 Å². The lowest BCUT2D eigenvalue weighted by Gasteiger charge is -2.26. The molecule has 0 bridgehead atoms. The number of hydrogen-bond acceptors (Lipinski definition) is 4. The Morgan fingerprint density at radius 2 is 1.87 bits per heavy atom. The maximum atomic E-state index is 12.9. The molecular weight excluding hydrogens is 411 g/mol. The lowest BCUT2D eigenvalue weighted by Crippen LogP contribution is -2.39. The Morgan fingerprint density at radius 1 is 1.16 bits per heavy atom. The molecule has 31 heavy (non-hydrogen) atoms. The number of amides is 1. The summed E-state index contributed by atoms with van der Waals surface area (Å²) >= 11 is 0. The Balaban J connectivity index is 1.65. The van der Waals surface area contributed by atoms with Crippen molar-refractivity contribution >= 4 is 5.91 Å². The van der Waals surface area contributed by atoms with Crippen molar-refractivity contribution in [3.05, 3.63) is 83.2 Å². The van der Waals surface area contributed by atoms with Crippen molar-refractivity contribution in [2.24, 2.45) is 0 Å². The van der Waals surface area contributed by atoms with Gasteiger partial charge < -0.3 is 14.7 Å². The summed E-state index contributed by atoms with van der Waals surface area (Å²) in [6.45, 7) is 1.97. The number of alkyl halides is 3. The monoisotopic (exact) mass is 433 g/mol. The lowest BCUT2D eigenvalue weighted by molar-refractivity contribution is -0.137. The molecule has 2 N–H and O–H groups in total. The molecule has 0 saturated heterocycles. The molecule has 0 aliphatic rings. The molecule has 6 nitrogen and oxygen atoms in total. The van der Waals surface area contributed by atoms with Gasteiger partial charge in [0.1, 0.15) is 24.2 Å². The molecule has 3 rings (SSSR count). The van der Waals surface area contributed by atoms with Crippen molar-refractivity contribution < 1.29 is 27.8 Å². The Kier molecular flexibility index (Phi) is 6.96. The highest BCUT2D eigenvalue weighted by molar-refractivity contribution is 5.92. The predicted molar refractivity (Wildman–Crippen MR) is 107 cm³/mol. The Bertz CT molecular complexity index is 989. The number of aliphatic hydroxyl groups is 1. The summed E-state index contributed by atoms with van der Waals surface area (Å²) in [6.07, 6.45) is -4.03. The van der Waals surface area contributed by atoms with Crippen molar-refractivity contribution in [2.45, 2.75) is 25.7 Å². The van der Waals surface area contributed by atoms with Gasteiger partial charge in [0.25, 0.3) is 5.91 Å². The summed E-state index contributed by atoms with van der Waals surface area (Å²) in [4.78, 5) is 14.3. The van der Waals surface area contributed by atoms with E-state index in [1.54, 1.807) is 0 Å². The molecule has 1 aromatic heterocycles. The fourth-order valence-corrected chi connectivity index (χ4v) is 3.00. The second kappa shape index (κ2) is 9.65. The van der Waals surface area contributed by atoms with Gasteiger partial charge in [0, 0.05) is 12.7 Å². The van der Waals surface area contributed by atoms with Crippen LogP contribution in [0.4, 0.5) is 13.2 Å². The van der Waals surface area contributed by atoms with Crippen LogP contribution in [-0.4, -0.2) is 45.4 Å². The first-order chi connectivity index (χ1) is 14.7. The number of nitrogens with one attached hydrogen (secondary N) is 1. The van der Waals surface area contributed by atoms with E-state index in [9.17, 15) is 23.1 Å². The SMILES string of the molecule is Cc1ccccc1CN(CC(O)COc1ccc(C(F)(F)F)cc1)C(=O)c1ccn[nH]1. The number of nitrogens with zero attached hydrogens (tertiary/aromatic N) is 2. The largest absolute Gasteiger partial charge is 0.491 e. The van der Waals surface area contributed by atoms with Crippen LogP contribution in [0.1, 0.15) is 27.2 Å². The number of benzene rings is 2. The minimum atomic E-state index is -4.43. The van der Waals surface area contributed by atoms with Crippen LogP contribution in [0.25, 0.3) is 0 Å². The number of carbonyl (C=O) groups is 1. The van der Waals surface area contributed by atoms with Crippen LogP contribution < -0.4 is 4.74 Å². The first-order valence-electron chi connectivity index (χ1n) is 9.55. The van der Waals surface area contributed by atoms with E-state index in [2.05, 4.69) is 10.2 Å². The summed E-state index contributed by atoms with van der Waals surface area (Å²) in [5, 5.41) is 16.8. The zero-order chi connectivity index (χ0) is 22.4. The Morgan fingerprint density at radius 3 is 2.48 bits per heavy atom. The smallest absolute Gasteiger partial charge is 0.416 e. The third kappa shape index (κ3) is 6.08. The fraction of sp³-hybridized carbons (Fsp3) is 0.273. The van der Waals surface area contributed by atoms with Crippen LogP contribution in [0.5, 0.6) is 5.75 Å².